The fourth-order valence-corrected chi connectivity index (χ4v) is 3.16. The maximum absolute atomic E-state index is 4.69. The summed E-state index contributed by atoms with van der Waals surface area (Å²) in [6.07, 6.45) is 8.26. The van der Waals surface area contributed by atoms with Gasteiger partial charge in [0.25, 0.3) is 0 Å². The van der Waals surface area contributed by atoms with Crippen LogP contribution in [0.3, 0.4) is 0 Å². The van der Waals surface area contributed by atoms with E-state index < -0.39 is 0 Å². The maximum atomic E-state index is 4.69. The number of hydrogen-bond donors (Lipinski definition) is 1. The Kier molecular flexibility index (Phi) is 2.76. The van der Waals surface area contributed by atoms with Gasteiger partial charge in [0.2, 0.25) is 0 Å². The van der Waals surface area contributed by atoms with E-state index >= 15 is 0 Å². The summed E-state index contributed by atoms with van der Waals surface area (Å²) in [5.74, 6) is 0.807. The lowest BCUT2D eigenvalue weighted by Gasteiger charge is -2.09. The first kappa shape index (κ1) is 9.79. The molecule has 0 aromatic carbocycles. The summed E-state index contributed by atoms with van der Waals surface area (Å²) in [5.41, 5.74) is 1.35. The van der Waals surface area contributed by atoms with Gasteiger partial charge >= 0.3 is 0 Å². The van der Waals surface area contributed by atoms with Gasteiger partial charge in [0, 0.05) is 23.9 Å². The Bertz CT molecular complexity index is 324. The van der Waals surface area contributed by atoms with E-state index in [1.165, 1.54) is 49.2 Å². The normalized spacial score (nSPS) is 22.4. The van der Waals surface area contributed by atoms with Crippen LogP contribution in [0.15, 0.2) is 5.38 Å². The van der Waals surface area contributed by atoms with Gasteiger partial charge < -0.3 is 5.32 Å². The summed E-state index contributed by atoms with van der Waals surface area (Å²) in [4.78, 5) is 4.69. The van der Waals surface area contributed by atoms with Crippen LogP contribution in [0.1, 0.15) is 55.1 Å². The Hall–Kier alpha value is -0.410. The summed E-state index contributed by atoms with van der Waals surface area (Å²) in [7, 11) is 0. The van der Waals surface area contributed by atoms with E-state index in [1.807, 2.05) is 11.3 Å². The highest BCUT2D eigenvalue weighted by molar-refractivity contribution is 7.09. The van der Waals surface area contributed by atoms with Crippen LogP contribution in [0.25, 0.3) is 0 Å². The Labute approximate surface area is 95.1 Å². The molecule has 3 heteroatoms. The molecule has 0 radical (unpaired) electrons. The molecular formula is C12H18N2S. The van der Waals surface area contributed by atoms with Crippen molar-refractivity contribution in [1.29, 1.82) is 0 Å². The zero-order valence-electron chi connectivity index (χ0n) is 9.04. The maximum Gasteiger partial charge on any atom is 0.107 e. The van der Waals surface area contributed by atoms with Crippen LogP contribution in [-0.4, -0.2) is 11.0 Å². The molecule has 0 atom stereocenters. The zero-order chi connectivity index (χ0) is 10.1. The molecule has 0 saturated heterocycles. The minimum Gasteiger partial charge on any atom is -0.308 e. The van der Waals surface area contributed by atoms with Crippen molar-refractivity contribution in [3.63, 3.8) is 0 Å². The molecule has 1 N–H and O–H groups in total. The number of rotatable bonds is 4. The quantitative estimate of drug-likeness (QED) is 0.847. The van der Waals surface area contributed by atoms with Crippen LogP contribution in [-0.2, 0) is 6.54 Å². The molecule has 1 aromatic rings. The summed E-state index contributed by atoms with van der Waals surface area (Å²) in [6, 6.07) is 0.762. The fraction of sp³-hybridized carbons (Fsp3) is 0.750. The van der Waals surface area contributed by atoms with Gasteiger partial charge in [0.05, 0.1) is 5.69 Å². The van der Waals surface area contributed by atoms with Crippen molar-refractivity contribution < 1.29 is 0 Å². The molecule has 2 aliphatic carbocycles. The summed E-state index contributed by atoms with van der Waals surface area (Å²) in [6.45, 7) is 0.988. The minimum absolute atomic E-state index is 0.762. The summed E-state index contributed by atoms with van der Waals surface area (Å²) >= 11 is 1.83. The number of thiazole rings is 1. The average Bonchev–Trinajstić information content (AvgIpc) is 2.82. The molecule has 2 aliphatic rings. The van der Waals surface area contributed by atoms with E-state index in [2.05, 4.69) is 15.7 Å². The molecule has 15 heavy (non-hydrogen) atoms. The van der Waals surface area contributed by atoms with Gasteiger partial charge in [0.1, 0.15) is 5.01 Å². The third-order valence-electron chi connectivity index (χ3n) is 3.46. The molecule has 0 unspecified atom stereocenters. The first-order valence-electron chi connectivity index (χ1n) is 6.09. The van der Waals surface area contributed by atoms with Crippen LogP contribution < -0.4 is 5.32 Å². The van der Waals surface area contributed by atoms with Crippen LogP contribution in [0, 0.1) is 0 Å². The van der Waals surface area contributed by atoms with Gasteiger partial charge in [-0.15, -0.1) is 11.3 Å². The molecule has 1 aromatic heterocycles. The van der Waals surface area contributed by atoms with E-state index in [0.29, 0.717) is 0 Å². The molecule has 2 nitrogen and oxygen atoms in total. The Morgan fingerprint density at radius 1 is 1.27 bits per heavy atom. The molecule has 0 bridgehead atoms. The number of nitrogens with zero attached hydrogens (tertiary/aromatic N) is 1. The van der Waals surface area contributed by atoms with Crippen molar-refractivity contribution in [2.24, 2.45) is 0 Å². The van der Waals surface area contributed by atoms with Crippen molar-refractivity contribution in [2.45, 2.75) is 57.0 Å². The lowest BCUT2D eigenvalue weighted by Crippen LogP contribution is -2.25. The van der Waals surface area contributed by atoms with E-state index in [4.69, 9.17) is 0 Å². The van der Waals surface area contributed by atoms with Crippen LogP contribution >= 0.6 is 11.3 Å². The average molecular weight is 222 g/mol. The highest BCUT2D eigenvalue weighted by Crippen LogP contribution is 2.40. The SMILES string of the molecule is c1sc(CNC2CCCC2)nc1C1CC1. The third kappa shape index (κ3) is 2.40. The monoisotopic (exact) mass is 222 g/mol. The van der Waals surface area contributed by atoms with Crippen LogP contribution in [0.2, 0.25) is 0 Å². The fourth-order valence-electron chi connectivity index (χ4n) is 2.33. The van der Waals surface area contributed by atoms with Gasteiger partial charge in [-0.05, 0) is 25.7 Å². The van der Waals surface area contributed by atoms with Gasteiger partial charge in [-0.3, -0.25) is 0 Å². The first-order chi connectivity index (χ1) is 7.42. The van der Waals surface area contributed by atoms with Crippen molar-refractivity contribution in [1.82, 2.24) is 10.3 Å². The third-order valence-corrected chi connectivity index (χ3v) is 4.33. The van der Waals surface area contributed by atoms with Crippen molar-refractivity contribution >= 4 is 11.3 Å². The summed E-state index contributed by atoms with van der Waals surface area (Å²) in [5, 5.41) is 7.15. The highest BCUT2D eigenvalue weighted by atomic mass is 32.1. The second-order valence-corrected chi connectivity index (χ2v) is 5.75. The summed E-state index contributed by atoms with van der Waals surface area (Å²) < 4.78 is 0. The molecule has 1 heterocycles. The lowest BCUT2D eigenvalue weighted by molar-refractivity contribution is 0.523. The molecule has 2 saturated carbocycles. The number of nitrogens with one attached hydrogen (secondary N) is 1. The predicted octanol–water partition coefficient (Wildman–Crippen LogP) is 3.05. The van der Waals surface area contributed by atoms with E-state index in [-0.39, 0.29) is 0 Å². The molecule has 0 spiro atoms. The standard InChI is InChI=1S/C12H18N2S/c1-2-4-10(3-1)13-7-12-14-11(8-15-12)9-5-6-9/h8-10,13H,1-7H2. The Balaban J connectivity index is 1.52. The Morgan fingerprint density at radius 2 is 2.07 bits per heavy atom. The second-order valence-electron chi connectivity index (χ2n) is 4.80. The van der Waals surface area contributed by atoms with Gasteiger partial charge in [-0.25, -0.2) is 4.98 Å². The van der Waals surface area contributed by atoms with Crippen LogP contribution in [0.5, 0.6) is 0 Å². The largest absolute Gasteiger partial charge is 0.308 e. The smallest absolute Gasteiger partial charge is 0.107 e. The molecule has 0 aliphatic heterocycles. The first-order valence-corrected chi connectivity index (χ1v) is 6.97. The van der Waals surface area contributed by atoms with Crippen molar-refractivity contribution in [2.75, 3.05) is 0 Å². The predicted molar refractivity (Wildman–Crippen MR) is 63.2 cm³/mol. The Morgan fingerprint density at radius 3 is 2.80 bits per heavy atom. The van der Waals surface area contributed by atoms with Gasteiger partial charge in [-0.1, -0.05) is 12.8 Å². The van der Waals surface area contributed by atoms with Crippen molar-refractivity contribution in [3.05, 3.63) is 16.1 Å². The molecular weight excluding hydrogens is 204 g/mol. The minimum atomic E-state index is 0.762. The molecule has 3 rings (SSSR count). The molecule has 2 fully saturated rings. The topological polar surface area (TPSA) is 24.9 Å². The second kappa shape index (κ2) is 4.22. The lowest BCUT2D eigenvalue weighted by atomic mass is 10.2. The van der Waals surface area contributed by atoms with Gasteiger partial charge in [-0.2, -0.15) is 0 Å². The number of hydrogen-bond acceptors (Lipinski definition) is 3. The highest BCUT2D eigenvalue weighted by Gasteiger charge is 2.26. The van der Waals surface area contributed by atoms with E-state index in [1.54, 1.807) is 0 Å². The molecule has 0 amide bonds. The zero-order valence-corrected chi connectivity index (χ0v) is 9.85. The molecule has 82 valence electrons. The van der Waals surface area contributed by atoms with E-state index in [9.17, 15) is 0 Å². The van der Waals surface area contributed by atoms with Crippen molar-refractivity contribution in [3.8, 4) is 0 Å². The van der Waals surface area contributed by atoms with Gasteiger partial charge in [0.15, 0.2) is 0 Å². The number of aromatic nitrogens is 1. The van der Waals surface area contributed by atoms with E-state index in [0.717, 1.165) is 18.5 Å². The van der Waals surface area contributed by atoms with Crippen LogP contribution in [0.4, 0.5) is 0 Å².